The molecule has 0 aliphatic carbocycles. The molecule has 0 saturated carbocycles. The molecule has 1 atom stereocenters. The molecule has 0 spiro atoms. The third kappa shape index (κ3) is 6.57. The van der Waals surface area contributed by atoms with Crippen LogP contribution in [0, 0.1) is 5.82 Å². The maximum absolute atomic E-state index is 14.6. The topological polar surface area (TPSA) is 86.4 Å². The average Bonchev–Trinajstić information content (AvgIpc) is 2.85. The molecule has 2 fully saturated rings. The number of nitrogens with one attached hydrogen (secondary N) is 2. The Morgan fingerprint density at radius 3 is 2.53 bits per heavy atom. The first kappa shape index (κ1) is 26.0. The van der Waals surface area contributed by atoms with E-state index in [1.807, 2.05) is 26.0 Å². The molecule has 0 bridgehead atoms. The van der Waals surface area contributed by atoms with E-state index in [-0.39, 0.29) is 24.9 Å². The van der Waals surface area contributed by atoms with Crippen LogP contribution < -0.4 is 15.4 Å². The summed E-state index contributed by atoms with van der Waals surface area (Å²) in [6, 6.07) is 10.6. The number of rotatable bonds is 9. The summed E-state index contributed by atoms with van der Waals surface area (Å²) in [4.78, 5) is 31.3. The van der Waals surface area contributed by atoms with Crippen LogP contribution in [0.4, 0.5) is 19.7 Å². The SMILES string of the molecule is CC(C)Oc1ccc(NC2NC(=O)N(CCN3CCOCC3)C(=O)N2Cc2ccc(Cl)cc2)cc1F. The van der Waals surface area contributed by atoms with Crippen LogP contribution >= 0.6 is 11.6 Å². The molecule has 11 heteroatoms. The van der Waals surface area contributed by atoms with Gasteiger partial charge in [-0.1, -0.05) is 23.7 Å². The zero-order valence-corrected chi connectivity index (χ0v) is 21.1. The number of halogens is 2. The molecule has 2 aromatic carbocycles. The number of imide groups is 1. The molecule has 2 aromatic rings. The number of ether oxygens (including phenoxy) is 2. The van der Waals surface area contributed by atoms with Crippen molar-refractivity contribution in [2.45, 2.75) is 32.8 Å². The number of anilines is 1. The number of amides is 4. The Balaban J connectivity index is 1.52. The Hall–Kier alpha value is -3.08. The minimum absolute atomic E-state index is 0.131. The van der Waals surface area contributed by atoms with Crippen molar-refractivity contribution in [3.63, 3.8) is 0 Å². The van der Waals surface area contributed by atoms with Gasteiger partial charge in [0.1, 0.15) is 0 Å². The molecule has 2 aliphatic heterocycles. The van der Waals surface area contributed by atoms with Crippen molar-refractivity contribution in [3.05, 3.63) is 58.9 Å². The molecule has 2 saturated heterocycles. The summed E-state index contributed by atoms with van der Waals surface area (Å²) in [5.41, 5.74) is 1.22. The molecule has 0 aromatic heterocycles. The summed E-state index contributed by atoms with van der Waals surface area (Å²) in [6.45, 7) is 7.40. The molecule has 0 radical (unpaired) electrons. The summed E-state index contributed by atoms with van der Waals surface area (Å²) in [5, 5.41) is 6.49. The Morgan fingerprint density at radius 2 is 1.86 bits per heavy atom. The minimum atomic E-state index is -0.892. The van der Waals surface area contributed by atoms with Crippen molar-refractivity contribution < 1.29 is 23.5 Å². The van der Waals surface area contributed by atoms with Gasteiger partial charge in [-0.2, -0.15) is 0 Å². The van der Waals surface area contributed by atoms with E-state index in [0.29, 0.717) is 30.5 Å². The molecule has 9 nitrogen and oxygen atoms in total. The fourth-order valence-corrected chi connectivity index (χ4v) is 4.17. The molecule has 36 heavy (non-hydrogen) atoms. The quantitative estimate of drug-likeness (QED) is 0.522. The van der Waals surface area contributed by atoms with Gasteiger partial charge in [-0.05, 0) is 43.7 Å². The van der Waals surface area contributed by atoms with Crippen LogP contribution in [0.25, 0.3) is 0 Å². The number of carbonyl (C=O) groups excluding carboxylic acids is 2. The van der Waals surface area contributed by atoms with E-state index in [9.17, 15) is 14.0 Å². The van der Waals surface area contributed by atoms with Gasteiger partial charge >= 0.3 is 12.1 Å². The highest BCUT2D eigenvalue weighted by Gasteiger charge is 2.38. The highest BCUT2D eigenvalue weighted by molar-refractivity contribution is 6.30. The van der Waals surface area contributed by atoms with E-state index in [4.69, 9.17) is 21.1 Å². The number of hydrogen-bond donors (Lipinski definition) is 2. The van der Waals surface area contributed by atoms with Crippen LogP contribution in [-0.4, -0.2) is 78.5 Å². The average molecular weight is 520 g/mol. The summed E-state index contributed by atoms with van der Waals surface area (Å²) in [5.74, 6) is -0.412. The Bertz CT molecular complexity index is 1060. The van der Waals surface area contributed by atoms with Gasteiger partial charge in [0.15, 0.2) is 17.9 Å². The van der Waals surface area contributed by atoms with Crippen molar-refractivity contribution in [2.75, 3.05) is 44.7 Å². The zero-order chi connectivity index (χ0) is 25.7. The highest BCUT2D eigenvalue weighted by atomic mass is 35.5. The van der Waals surface area contributed by atoms with Crippen molar-refractivity contribution in [2.24, 2.45) is 0 Å². The smallest absolute Gasteiger partial charge is 0.331 e. The molecule has 4 rings (SSSR count). The number of benzene rings is 2. The summed E-state index contributed by atoms with van der Waals surface area (Å²) >= 11 is 6.02. The standard InChI is InChI=1S/C25H31ClFN5O4/c1-17(2)36-22-8-7-20(15-21(22)27)28-23-29-24(33)31(10-9-30-11-13-35-14-12-30)25(34)32(23)16-18-3-5-19(26)6-4-18/h3-8,15,17,23,28H,9-14,16H2,1-2H3,(H,29,33). The Morgan fingerprint density at radius 1 is 1.14 bits per heavy atom. The van der Waals surface area contributed by atoms with E-state index in [0.717, 1.165) is 18.7 Å². The van der Waals surface area contributed by atoms with E-state index in [2.05, 4.69) is 15.5 Å². The lowest BCUT2D eigenvalue weighted by Crippen LogP contribution is -2.67. The Kier molecular flexibility index (Phi) is 8.50. The van der Waals surface area contributed by atoms with Crippen molar-refractivity contribution in [1.29, 1.82) is 0 Å². The predicted molar refractivity (Wildman–Crippen MR) is 134 cm³/mol. The molecular weight excluding hydrogens is 489 g/mol. The number of urea groups is 2. The van der Waals surface area contributed by atoms with Crippen LogP contribution in [-0.2, 0) is 11.3 Å². The lowest BCUT2D eigenvalue weighted by molar-refractivity contribution is 0.0337. The number of morpholine rings is 1. The summed E-state index contributed by atoms with van der Waals surface area (Å²) in [6.07, 6.45) is -1.07. The Labute approximate surface area is 215 Å². The molecular formula is C25H31ClFN5O4. The van der Waals surface area contributed by atoms with Gasteiger partial charge in [0.25, 0.3) is 0 Å². The van der Waals surface area contributed by atoms with Gasteiger partial charge in [0.05, 0.1) is 25.9 Å². The van der Waals surface area contributed by atoms with Crippen LogP contribution in [0.15, 0.2) is 42.5 Å². The van der Waals surface area contributed by atoms with E-state index in [1.165, 1.54) is 21.9 Å². The van der Waals surface area contributed by atoms with Crippen LogP contribution in [0.1, 0.15) is 19.4 Å². The van der Waals surface area contributed by atoms with E-state index in [1.54, 1.807) is 18.2 Å². The molecule has 4 amide bonds. The van der Waals surface area contributed by atoms with Crippen LogP contribution in [0.3, 0.4) is 0 Å². The summed E-state index contributed by atoms with van der Waals surface area (Å²) in [7, 11) is 0. The van der Waals surface area contributed by atoms with Gasteiger partial charge in [-0.25, -0.2) is 18.9 Å². The first-order valence-electron chi connectivity index (χ1n) is 12.0. The normalized spacial score (nSPS) is 19.0. The zero-order valence-electron chi connectivity index (χ0n) is 20.4. The summed E-state index contributed by atoms with van der Waals surface area (Å²) < 4.78 is 25.4. The maximum atomic E-state index is 14.6. The minimum Gasteiger partial charge on any atom is -0.488 e. The van der Waals surface area contributed by atoms with Gasteiger partial charge in [0, 0.05) is 43.0 Å². The molecule has 2 heterocycles. The largest absolute Gasteiger partial charge is 0.488 e. The number of carbonyl (C=O) groups is 2. The van der Waals surface area contributed by atoms with Crippen molar-refractivity contribution in [3.8, 4) is 5.75 Å². The second kappa shape index (κ2) is 11.8. The van der Waals surface area contributed by atoms with E-state index >= 15 is 0 Å². The number of nitrogens with zero attached hydrogens (tertiary/aromatic N) is 3. The van der Waals surface area contributed by atoms with Gasteiger partial charge in [-0.3, -0.25) is 15.1 Å². The van der Waals surface area contributed by atoms with Gasteiger partial charge in [0.2, 0.25) is 0 Å². The molecule has 2 N–H and O–H groups in total. The number of hydrogen-bond acceptors (Lipinski definition) is 6. The monoisotopic (exact) mass is 519 g/mol. The van der Waals surface area contributed by atoms with E-state index < -0.39 is 24.2 Å². The van der Waals surface area contributed by atoms with Gasteiger partial charge in [-0.15, -0.1) is 0 Å². The lowest BCUT2D eigenvalue weighted by atomic mass is 10.2. The lowest BCUT2D eigenvalue weighted by Gasteiger charge is -2.42. The van der Waals surface area contributed by atoms with Crippen LogP contribution in [0.2, 0.25) is 5.02 Å². The predicted octanol–water partition coefficient (Wildman–Crippen LogP) is 3.94. The first-order valence-corrected chi connectivity index (χ1v) is 12.3. The molecule has 194 valence electrons. The van der Waals surface area contributed by atoms with Crippen molar-refractivity contribution >= 4 is 29.4 Å². The maximum Gasteiger partial charge on any atom is 0.331 e. The molecule has 1 unspecified atom stereocenters. The third-order valence-corrected chi connectivity index (χ3v) is 6.15. The van der Waals surface area contributed by atoms with Crippen molar-refractivity contribution in [1.82, 2.24) is 20.0 Å². The first-order chi connectivity index (χ1) is 17.3. The fraction of sp³-hybridized carbons (Fsp3) is 0.440. The molecule has 2 aliphatic rings. The third-order valence-electron chi connectivity index (χ3n) is 5.90. The second-order valence-electron chi connectivity index (χ2n) is 8.95. The highest BCUT2D eigenvalue weighted by Crippen LogP contribution is 2.24. The van der Waals surface area contributed by atoms with Gasteiger partial charge < -0.3 is 14.8 Å². The van der Waals surface area contributed by atoms with Crippen LogP contribution in [0.5, 0.6) is 5.75 Å². The fourth-order valence-electron chi connectivity index (χ4n) is 4.05. The second-order valence-corrected chi connectivity index (χ2v) is 9.39.